The van der Waals surface area contributed by atoms with Crippen LogP contribution >= 0.6 is 11.8 Å². The van der Waals surface area contributed by atoms with Crippen molar-refractivity contribution in [3.63, 3.8) is 0 Å². The molecule has 2 aromatic heterocycles. The number of nitrogens with zero attached hydrogens (tertiary/aromatic N) is 3. The average Bonchev–Trinajstić information content (AvgIpc) is 3.13. The van der Waals surface area contributed by atoms with Crippen LogP contribution < -0.4 is 14.8 Å². The van der Waals surface area contributed by atoms with Crippen LogP contribution in [0.3, 0.4) is 0 Å². The third kappa shape index (κ3) is 2.04. The fourth-order valence-electron chi connectivity index (χ4n) is 2.19. The van der Waals surface area contributed by atoms with Gasteiger partial charge in [-0.3, -0.25) is 5.10 Å². The van der Waals surface area contributed by atoms with Crippen LogP contribution in [0, 0.1) is 0 Å². The topological polar surface area (TPSA) is 85.0 Å². The van der Waals surface area contributed by atoms with E-state index < -0.39 is 0 Å². The summed E-state index contributed by atoms with van der Waals surface area (Å²) in [4.78, 5) is 8.49. The first-order chi connectivity index (χ1) is 10.3. The predicted octanol–water partition coefficient (Wildman–Crippen LogP) is 2.55. The molecule has 0 aliphatic carbocycles. The molecule has 8 heteroatoms. The number of aromatic amines is 1. The Morgan fingerprint density at radius 3 is 3.05 bits per heavy atom. The van der Waals surface area contributed by atoms with Gasteiger partial charge in [-0.1, -0.05) is 0 Å². The van der Waals surface area contributed by atoms with Gasteiger partial charge in [0.25, 0.3) is 0 Å². The molecule has 1 aliphatic heterocycles. The molecule has 21 heavy (non-hydrogen) atoms. The molecule has 3 aromatic rings. The van der Waals surface area contributed by atoms with E-state index >= 15 is 0 Å². The highest BCUT2D eigenvalue weighted by Gasteiger charge is 2.15. The van der Waals surface area contributed by atoms with Crippen LogP contribution in [0.5, 0.6) is 11.5 Å². The van der Waals surface area contributed by atoms with Crippen LogP contribution in [0.2, 0.25) is 0 Å². The van der Waals surface area contributed by atoms with E-state index in [9.17, 15) is 0 Å². The Morgan fingerprint density at radius 1 is 1.24 bits per heavy atom. The number of rotatable bonds is 3. The van der Waals surface area contributed by atoms with Gasteiger partial charge in [0.05, 0.1) is 5.39 Å². The fraction of sp³-hybridized carbons (Fsp3) is 0.154. The van der Waals surface area contributed by atoms with Crippen molar-refractivity contribution < 1.29 is 9.47 Å². The van der Waals surface area contributed by atoms with Crippen LogP contribution in [0.15, 0.2) is 29.6 Å². The van der Waals surface area contributed by atoms with Gasteiger partial charge in [0.2, 0.25) is 6.79 Å². The molecule has 1 aromatic carbocycles. The number of fused-ring (bicyclic) bond motifs is 2. The molecular formula is C13H11N5O2S. The number of hydrogen-bond donors (Lipinski definition) is 2. The van der Waals surface area contributed by atoms with Crippen molar-refractivity contribution in [2.45, 2.75) is 5.03 Å². The summed E-state index contributed by atoms with van der Waals surface area (Å²) in [5.74, 6) is 2.18. The Morgan fingerprint density at radius 2 is 2.14 bits per heavy atom. The van der Waals surface area contributed by atoms with Gasteiger partial charge in [-0.15, -0.1) is 11.8 Å². The summed E-state index contributed by atoms with van der Waals surface area (Å²) < 4.78 is 10.7. The Hall–Kier alpha value is -2.48. The van der Waals surface area contributed by atoms with Gasteiger partial charge in [-0.25, -0.2) is 9.97 Å². The molecule has 106 valence electrons. The van der Waals surface area contributed by atoms with Crippen molar-refractivity contribution in [2.75, 3.05) is 18.4 Å². The molecule has 1 aliphatic rings. The molecule has 0 bridgehead atoms. The van der Waals surface area contributed by atoms with Gasteiger partial charge in [-0.2, -0.15) is 5.10 Å². The molecule has 0 atom stereocenters. The van der Waals surface area contributed by atoms with E-state index in [1.54, 1.807) is 11.8 Å². The second-order valence-corrected chi connectivity index (χ2v) is 5.17. The molecule has 2 N–H and O–H groups in total. The first-order valence-electron chi connectivity index (χ1n) is 6.25. The lowest BCUT2D eigenvalue weighted by atomic mass is 10.2. The minimum atomic E-state index is 0.259. The van der Waals surface area contributed by atoms with E-state index in [1.165, 1.54) is 6.33 Å². The zero-order valence-corrected chi connectivity index (χ0v) is 11.9. The summed E-state index contributed by atoms with van der Waals surface area (Å²) in [6.45, 7) is 0.259. The molecule has 0 fully saturated rings. The van der Waals surface area contributed by atoms with Gasteiger partial charge < -0.3 is 14.8 Å². The molecular weight excluding hydrogens is 290 g/mol. The lowest BCUT2D eigenvalue weighted by Crippen LogP contribution is -1.95. The number of hydrogen-bond acceptors (Lipinski definition) is 7. The van der Waals surface area contributed by atoms with Gasteiger partial charge >= 0.3 is 0 Å². The number of anilines is 2. The molecule has 0 unspecified atom stereocenters. The quantitative estimate of drug-likeness (QED) is 0.719. The van der Waals surface area contributed by atoms with Crippen LogP contribution in [0.4, 0.5) is 11.5 Å². The smallest absolute Gasteiger partial charge is 0.231 e. The Balaban J connectivity index is 1.75. The van der Waals surface area contributed by atoms with E-state index in [1.807, 2.05) is 24.5 Å². The van der Waals surface area contributed by atoms with Crippen LogP contribution in [0.25, 0.3) is 11.0 Å². The van der Waals surface area contributed by atoms with Gasteiger partial charge in [0.15, 0.2) is 17.1 Å². The zero-order chi connectivity index (χ0) is 14.2. The minimum Gasteiger partial charge on any atom is -0.454 e. The van der Waals surface area contributed by atoms with Crippen LogP contribution in [-0.2, 0) is 0 Å². The molecule has 0 radical (unpaired) electrons. The van der Waals surface area contributed by atoms with Crippen LogP contribution in [-0.4, -0.2) is 33.2 Å². The molecule has 3 heterocycles. The predicted molar refractivity (Wildman–Crippen MR) is 79.3 cm³/mol. The maximum atomic E-state index is 5.38. The van der Waals surface area contributed by atoms with Gasteiger partial charge in [0, 0.05) is 11.8 Å². The average molecular weight is 301 g/mol. The Kier molecular flexibility index (Phi) is 2.81. The first kappa shape index (κ1) is 12.3. The number of H-pyrrole nitrogens is 1. The highest BCUT2D eigenvalue weighted by atomic mass is 32.2. The molecule has 4 rings (SSSR count). The third-order valence-electron chi connectivity index (χ3n) is 3.15. The Labute approximate surface area is 124 Å². The van der Waals surface area contributed by atoms with Gasteiger partial charge in [-0.05, 0) is 18.4 Å². The monoisotopic (exact) mass is 301 g/mol. The number of benzene rings is 1. The first-order valence-corrected chi connectivity index (χ1v) is 7.47. The zero-order valence-electron chi connectivity index (χ0n) is 11.1. The number of nitrogens with one attached hydrogen (secondary N) is 2. The highest BCUT2D eigenvalue weighted by molar-refractivity contribution is 7.98. The number of thioether (sulfide) groups is 1. The van der Waals surface area contributed by atoms with Crippen molar-refractivity contribution in [3.05, 3.63) is 24.5 Å². The fourth-order valence-corrected chi connectivity index (χ4v) is 2.72. The molecule has 0 spiro atoms. The lowest BCUT2D eigenvalue weighted by molar-refractivity contribution is 0.174. The second kappa shape index (κ2) is 4.81. The largest absolute Gasteiger partial charge is 0.454 e. The molecule has 0 saturated heterocycles. The SMILES string of the molecule is CSc1n[nH]c2ncnc(Nc3ccc4c(c3)OCO4)c12. The van der Waals surface area contributed by atoms with Crippen molar-refractivity contribution >= 4 is 34.3 Å². The van der Waals surface area contributed by atoms with E-state index in [4.69, 9.17) is 9.47 Å². The summed E-state index contributed by atoms with van der Waals surface area (Å²) in [6, 6.07) is 5.67. The molecule has 0 amide bonds. The normalized spacial score (nSPS) is 12.8. The highest BCUT2D eigenvalue weighted by Crippen LogP contribution is 2.36. The molecule has 0 saturated carbocycles. The summed E-state index contributed by atoms with van der Waals surface area (Å²) >= 11 is 1.54. The van der Waals surface area contributed by atoms with Crippen molar-refractivity contribution in [1.82, 2.24) is 20.2 Å². The van der Waals surface area contributed by atoms with E-state index in [0.29, 0.717) is 11.5 Å². The second-order valence-electron chi connectivity index (χ2n) is 4.37. The molecule has 7 nitrogen and oxygen atoms in total. The number of ether oxygens (including phenoxy) is 2. The maximum Gasteiger partial charge on any atom is 0.231 e. The maximum absolute atomic E-state index is 5.38. The van der Waals surface area contributed by atoms with E-state index in [-0.39, 0.29) is 6.79 Å². The van der Waals surface area contributed by atoms with Crippen molar-refractivity contribution in [2.24, 2.45) is 0 Å². The standard InChI is InChI=1S/C13H11N5O2S/c1-21-13-10-11(14-5-15-12(10)17-18-13)16-7-2-3-8-9(4-7)20-6-19-8/h2-5H,6H2,1H3,(H2,14,15,16,17,18). The Bertz CT molecular complexity index is 819. The summed E-state index contributed by atoms with van der Waals surface area (Å²) in [7, 11) is 0. The van der Waals surface area contributed by atoms with Crippen LogP contribution in [0.1, 0.15) is 0 Å². The summed E-state index contributed by atoms with van der Waals surface area (Å²) in [5, 5.41) is 12.1. The van der Waals surface area contributed by atoms with Gasteiger partial charge in [0.1, 0.15) is 17.2 Å². The van der Waals surface area contributed by atoms with E-state index in [0.717, 1.165) is 27.6 Å². The van der Waals surface area contributed by atoms with E-state index in [2.05, 4.69) is 25.5 Å². The van der Waals surface area contributed by atoms with Crippen molar-refractivity contribution in [1.29, 1.82) is 0 Å². The summed E-state index contributed by atoms with van der Waals surface area (Å²) in [6.07, 6.45) is 3.47. The lowest BCUT2D eigenvalue weighted by Gasteiger charge is -2.07. The minimum absolute atomic E-state index is 0.259. The summed E-state index contributed by atoms with van der Waals surface area (Å²) in [5.41, 5.74) is 1.57. The third-order valence-corrected chi connectivity index (χ3v) is 3.84. The number of aromatic nitrogens is 4. The van der Waals surface area contributed by atoms with Crippen molar-refractivity contribution in [3.8, 4) is 11.5 Å².